The molecule has 0 aliphatic rings. The molecule has 1 aromatic carbocycles. The van der Waals surface area contributed by atoms with E-state index in [1.54, 1.807) is 17.5 Å². The summed E-state index contributed by atoms with van der Waals surface area (Å²) in [5.41, 5.74) is 4.97. The molecular weight excluding hydrogens is 282 g/mol. The number of fused-ring (bicyclic) bond motifs is 1. The number of aromatic amines is 1. The average molecular weight is 297 g/mol. The topological polar surface area (TPSA) is 57.2 Å². The zero-order valence-corrected chi connectivity index (χ0v) is 12.6. The van der Waals surface area contributed by atoms with E-state index in [1.165, 1.54) is 4.88 Å². The summed E-state index contributed by atoms with van der Waals surface area (Å²) in [5, 5.41) is 5.08. The number of carbonyl (C=O) groups is 1. The van der Waals surface area contributed by atoms with Gasteiger partial charge in [-0.15, -0.1) is 11.3 Å². The highest BCUT2D eigenvalue weighted by Crippen LogP contribution is 2.18. The van der Waals surface area contributed by atoms with Gasteiger partial charge < -0.3 is 4.98 Å². The molecule has 21 heavy (non-hydrogen) atoms. The molecule has 2 N–H and O–H groups in total. The Morgan fingerprint density at radius 3 is 2.81 bits per heavy atom. The third-order valence-corrected chi connectivity index (χ3v) is 4.37. The zero-order chi connectivity index (χ0) is 14.8. The van der Waals surface area contributed by atoms with E-state index < -0.39 is 0 Å². The minimum absolute atomic E-state index is 0.208. The molecule has 0 atom stereocenters. The maximum Gasteiger partial charge on any atom is 0.273 e. The molecule has 0 unspecified atom stereocenters. The van der Waals surface area contributed by atoms with E-state index in [0.717, 1.165) is 21.5 Å². The minimum Gasteiger partial charge on any atom is -0.360 e. The van der Waals surface area contributed by atoms with Crippen LogP contribution in [0.2, 0.25) is 0 Å². The van der Waals surface area contributed by atoms with Crippen LogP contribution in [0.25, 0.3) is 10.9 Å². The summed E-state index contributed by atoms with van der Waals surface area (Å²) in [4.78, 5) is 17.6. The molecule has 3 aromatic rings. The molecule has 0 radical (unpaired) electrons. The van der Waals surface area contributed by atoms with Gasteiger partial charge in [-0.25, -0.2) is 5.43 Å². The van der Waals surface area contributed by atoms with Gasteiger partial charge in [-0.3, -0.25) is 4.79 Å². The number of nitrogens with zero attached hydrogens (tertiary/aromatic N) is 1. The van der Waals surface area contributed by atoms with Gasteiger partial charge in [0.25, 0.3) is 5.91 Å². The van der Waals surface area contributed by atoms with Crippen LogP contribution in [0, 0.1) is 6.92 Å². The van der Waals surface area contributed by atoms with E-state index in [2.05, 4.69) is 15.5 Å². The van der Waals surface area contributed by atoms with Crippen LogP contribution < -0.4 is 5.43 Å². The highest BCUT2D eigenvalue weighted by molar-refractivity contribution is 7.14. The number of aryl methyl sites for hydroxylation is 1. The second kappa shape index (κ2) is 5.54. The number of H-pyrrole nitrogens is 1. The van der Waals surface area contributed by atoms with Crippen LogP contribution in [0.4, 0.5) is 0 Å². The van der Waals surface area contributed by atoms with Crippen molar-refractivity contribution in [3.8, 4) is 0 Å². The molecule has 0 saturated carbocycles. The minimum atomic E-state index is -0.208. The van der Waals surface area contributed by atoms with E-state index in [0.29, 0.717) is 5.56 Å². The van der Waals surface area contributed by atoms with Crippen molar-refractivity contribution >= 4 is 33.9 Å². The number of hydrogen-bond acceptors (Lipinski definition) is 3. The van der Waals surface area contributed by atoms with Gasteiger partial charge in [0.1, 0.15) is 0 Å². The van der Waals surface area contributed by atoms with Crippen molar-refractivity contribution in [1.82, 2.24) is 10.4 Å². The number of hydrazone groups is 1. The summed E-state index contributed by atoms with van der Waals surface area (Å²) in [6, 6.07) is 11.8. The maximum atomic E-state index is 12.2. The second-order valence-electron chi connectivity index (χ2n) is 4.80. The number of aromatic nitrogens is 1. The largest absolute Gasteiger partial charge is 0.360 e. The van der Waals surface area contributed by atoms with Crippen LogP contribution in [0.15, 0.2) is 47.7 Å². The SMILES string of the molecule is CC(=NNC(=O)c1c[nH]c2ccccc12)c1ccc(C)s1. The third-order valence-electron chi connectivity index (χ3n) is 3.26. The van der Waals surface area contributed by atoms with Crippen LogP contribution >= 0.6 is 11.3 Å². The number of rotatable bonds is 3. The molecule has 2 aromatic heterocycles. The molecule has 5 heteroatoms. The van der Waals surface area contributed by atoms with Crippen LogP contribution in [-0.4, -0.2) is 16.6 Å². The lowest BCUT2D eigenvalue weighted by atomic mass is 10.2. The Morgan fingerprint density at radius 2 is 2.05 bits per heavy atom. The van der Waals surface area contributed by atoms with E-state index in [9.17, 15) is 4.79 Å². The normalized spacial score (nSPS) is 11.8. The molecule has 0 aliphatic heterocycles. The van der Waals surface area contributed by atoms with Crippen molar-refractivity contribution < 1.29 is 4.79 Å². The zero-order valence-electron chi connectivity index (χ0n) is 11.8. The van der Waals surface area contributed by atoms with Gasteiger partial charge in [0, 0.05) is 22.0 Å². The number of nitrogens with one attached hydrogen (secondary N) is 2. The highest BCUT2D eigenvalue weighted by atomic mass is 32.1. The first-order valence-corrected chi connectivity index (χ1v) is 7.44. The van der Waals surface area contributed by atoms with Crippen molar-refractivity contribution in [3.63, 3.8) is 0 Å². The van der Waals surface area contributed by atoms with Gasteiger partial charge in [-0.05, 0) is 32.0 Å². The lowest BCUT2D eigenvalue weighted by molar-refractivity contribution is 0.0956. The lowest BCUT2D eigenvalue weighted by Gasteiger charge is -2.00. The Balaban J connectivity index is 1.80. The summed E-state index contributed by atoms with van der Waals surface area (Å²) in [7, 11) is 0. The number of amides is 1. The first-order chi connectivity index (χ1) is 10.1. The Hall–Kier alpha value is -2.40. The predicted molar refractivity (Wildman–Crippen MR) is 87.0 cm³/mol. The molecule has 0 spiro atoms. The van der Waals surface area contributed by atoms with E-state index in [-0.39, 0.29) is 5.91 Å². The smallest absolute Gasteiger partial charge is 0.273 e. The van der Waals surface area contributed by atoms with Crippen molar-refractivity contribution in [3.05, 3.63) is 57.9 Å². The van der Waals surface area contributed by atoms with Crippen LogP contribution in [-0.2, 0) is 0 Å². The average Bonchev–Trinajstić information content (AvgIpc) is 3.10. The number of carbonyl (C=O) groups excluding carboxylic acids is 1. The highest BCUT2D eigenvalue weighted by Gasteiger charge is 2.11. The molecule has 3 rings (SSSR count). The van der Waals surface area contributed by atoms with Gasteiger partial charge in [0.2, 0.25) is 0 Å². The maximum absolute atomic E-state index is 12.2. The van der Waals surface area contributed by atoms with Gasteiger partial charge in [-0.2, -0.15) is 5.10 Å². The Bertz CT molecular complexity index is 829. The van der Waals surface area contributed by atoms with Gasteiger partial charge in [0.05, 0.1) is 16.2 Å². The summed E-state index contributed by atoms with van der Waals surface area (Å²) >= 11 is 1.66. The summed E-state index contributed by atoms with van der Waals surface area (Å²) < 4.78 is 0. The fourth-order valence-electron chi connectivity index (χ4n) is 2.14. The van der Waals surface area contributed by atoms with Crippen molar-refractivity contribution in [1.29, 1.82) is 0 Å². The summed E-state index contributed by atoms with van der Waals surface area (Å²) in [5.74, 6) is -0.208. The fourth-order valence-corrected chi connectivity index (χ4v) is 2.95. The van der Waals surface area contributed by atoms with Gasteiger partial charge >= 0.3 is 0 Å². The van der Waals surface area contributed by atoms with Gasteiger partial charge in [0.15, 0.2) is 0 Å². The molecule has 0 fully saturated rings. The fraction of sp³-hybridized carbons (Fsp3) is 0.125. The Kier molecular flexibility index (Phi) is 3.58. The number of hydrogen-bond donors (Lipinski definition) is 2. The number of benzene rings is 1. The second-order valence-corrected chi connectivity index (χ2v) is 6.08. The monoisotopic (exact) mass is 297 g/mol. The number of thiophene rings is 1. The van der Waals surface area contributed by atoms with Crippen molar-refractivity contribution in [2.75, 3.05) is 0 Å². The molecular formula is C16H15N3OS. The molecule has 0 bridgehead atoms. The molecule has 2 heterocycles. The van der Waals surface area contributed by atoms with Crippen molar-refractivity contribution in [2.45, 2.75) is 13.8 Å². The molecule has 106 valence electrons. The van der Waals surface area contributed by atoms with Crippen molar-refractivity contribution in [2.24, 2.45) is 5.10 Å². The van der Waals surface area contributed by atoms with E-state index in [4.69, 9.17) is 0 Å². The van der Waals surface area contributed by atoms with E-state index >= 15 is 0 Å². The predicted octanol–water partition coefficient (Wildman–Crippen LogP) is 3.69. The van der Waals surface area contributed by atoms with Crippen LogP contribution in [0.1, 0.15) is 27.0 Å². The first kappa shape index (κ1) is 13.6. The standard InChI is InChI=1S/C16H15N3OS/c1-10-7-8-15(21-10)11(2)18-19-16(20)13-9-17-14-6-4-3-5-12(13)14/h3-9,17H,1-2H3,(H,19,20). The molecule has 1 amide bonds. The molecule has 0 aliphatic carbocycles. The van der Waals surface area contributed by atoms with Crippen LogP contribution in [0.5, 0.6) is 0 Å². The number of para-hydroxylation sites is 1. The quantitative estimate of drug-likeness (QED) is 0.562. The van der Waals surface area contributed by atoms with E-state index in [1.807, 2.05) is 50.2 Å². The molecule has 4 nitrogen and oxygen atoms in total. The van der Waals surface area contributed by atoms with Gasteiger partial charge in [-0.1, -0.05) is 18.2 Å². The Labute approximate surface area is 126 Å². The summed E-state index contributed by atoms with van der Waals surface area (Å²) in [6.07, 6.45) is 1.71. The third kappa shape index (κ3) is 2.73. The lowest BCUT2D eigenvalue weighted by Crippen LogP contribution is -2.18. The summed E-state index contributed by atoms with van der Waals surface area (Å²) in [6.45, 7) is 3.94. The Morgan fingerprint density at radius 1 is 1.24 bits per heavy atom. The molecule has 0 saturated heterocycles. The van der Waals surface area contributed by atoms with Crippen LogP contribution in [0.3, 0.4) is 0 Å². The first-order valence-electron chi connectivity index (χ1n) is 6.62.